The molecule has 0 amide bonds. The van der Waals surface area contributed by atoms with Crippen LogP contribution in [-0.2, 0) is 10.0 Å². The standard InChI is InChI=1S/C8H17NO3S/c1-2-5-9(8-3-4-8)13(11,12)7-6-10/h8,10H,2-7H2,1H3. The van der Waals surface area contributed by atoms with Crippen molar-refractivity contribution in [2.24, 2.45) is 0 Å². The second kappa shape index (κ2) is 4.39. The van der Waals surface area contributed by atoms with Gasteiger partial charge in [0.2, 0.25) is 10.0 Å². The van der Waals surface area contributed by atoms with Gasteiger partial charge in [0.15, 0.2) is 0 Å². The van der Waals surface area contributed by atoms with Gasteiger partial charge in [0, 0.05) is 12.6 Å². The van der Waals surface area contributed by atoms with Gasteiger partial charge in [0.05, 0.1) is 12.4 Å². The lowest BCUT2D eigenvalue weighted by molar-refractivity contribution is 0.313. The van der Waals surface area contributed by atoms with Gasteiger partial charge in [-0.1, -0.05) is 6.92 Å². The third-order valence-electron chi connectivity index (χ3n) is 2.10. The SMILES string of the molecule is CCCN(C1CC1)S(=O)(=O)CCO. The van der Waals surface area contributed by atoms with Crippen LogP contribution in [-0.4, -0.2) is 42.8 Å². The van der Waals surface area contributed by atoms with Gasteiger partial charge in [0.1, 0.15) is 0 Å². The number of hydrogen-bond donors (Lipinski definition) is 1. The van der Waals surface area contributed by atoms with Gasteiger partial charge >= 0.3 is 0 Å². The molecule has 0 spiro atoms. The highest BCUT2D eigenvalue weighted by molar-refractivity contribution is 7.89. The van der Waals surface area contributed by atoms with Gasteiger partial charge in [-0.2, -0.15) is 4.31 Å². The molecule has 0 bridgehead atoms. The molecule has 1 aliphatic carbocycles. The van der Waals surface area contributed by atoms with E-state index in [2.05, 4.69) is 0 Å². The van der Waals surface area contributed by atoms with Crippen molar-refractivity contribution >= 4 is 10.0 Å². The summed E-state index contributed by atoms with van der Waals surface area (Å²) in [5.74, 6) is -0.135. The van der Waals surface area contributed by atoms with Crippen molar-refractivity contribution in [2.45, 2.75) is 32.2 Å². The normalized spacial score (nSPS) is 18.1. The summed E-state index contributed by atoms with van der Waals surface area (Å²) in [5.41, 5.74) is 0. The first kappa shape index (κ1) is 10.9. The zero-order valence-corrected chi connectivity index (χ0v) is 8.76. The van der Waals surface area contributed by atoms with Crippen molar-refractivity contribution in [1.29, 1.82) is 0 Å². The molecule has 0 aliphatic heterocycles. The fraction of sp³-hybridized carbons (Fsp3) is 1.00. The van der Waals surface area contributed by atoms with Crippen LogP contribution in [0.5, 0.6) is 0 Å². The van der Waals surface area contributed by atoms with Gasteiger partial charge in [-0.05, 0) is 19.3 Å². The van der Waals surface area contributed by atoms with Crippen LogP contribution in [0.4, 0.5) is 0 Å². The summed E-state index contributed by atoms with van der Waals surface area (Å²) in [4.78, 5) is 0. The van der Waals surface area contributed by atoms with E-state index in [-0.39, 0.29) is 18.4 Å². The molecule has 0 heterocycles. The Morgan fingerprint density at radius 1 is 1.46 bits per heavy atom. The Balaban J connectivity index is 2.61. The summed E-state index contributed by atoms with van der Waals surface area (Å²) < 4.78 is 24.7. The Kier molecular flexibility index (Phi) is 3.70. The van der Waals surface area contributed by atoms with Crippen molar-refractivity contribution in [3.63, 3.8) is 0 Å². The van der Waals surface area contributed by atoms with Gasteiger partial charge in [-0.25, -0.2) is 8.42 Å². The Morgan fingerprint density at radius 3 is 2.46 bits per heavy atom. The summed E-state index contributed by atoms with van der Waals surface area (Å²) in [5, 5.41) is 8.62. The first-order valence-corrected chi connectivity index (χ1v) is 6.33. The van der Waals surface area contributed by atoms with E-state index in [0.717, 1.165) is 19.3 Å². The molecule has 5 heteroatoms. The monoisotopic (exact) mass is 207 g/mol. The number of aliphatic hydroxyl groups excluding tert-OH is 1. The van der Waals surface area contributed by atoms with Crippen LogP contribution in [0.15, 0.2) is 0 Å². The molecular formula is C8H17NO3S. The highest BCUT2D eigenvalue weighted by Gasteiger charge is 2.35. The number of sulfonamides is 1. The van der Waals surface area contributed by atoms with Gasteiger partial charge in [-0.15, -0.1) is 0 Å². The highest BCUT2D eigenvalue weighted by Crippen LogP contribution is 2.29. The van der Waals surface area contributed by atoms with E-state index in [1.807, 2.05) is 6.92 Å². The molecule has 1 aliphatic rings. The van der Waals surface area contributed by atoms with Crippen LogP contribution < -0.4 is 0 Å². The van der Waals surface area contributed by atoms with Crippen LogP contribution >= 0.6 is 0 Å². The minimum Gasteiger partial charge on any atom is -0.395 e. The third-order valence-corrected chi connectivity index (χ3v) is 4.00. The number of hydrogen-bond acceptors (Lipinski definition) is 3. The zero-order valence-electron chi connectivity index (χ0n) is 7.94. The summed E-state index contributed by atoms with van der Waals surface area (Å²) in [6, 6.07) is 0.219. The van der Waals surface area contributed by atoms with Crippen molar-refractivity contribution in [2.75, 3.05) is 18.9 Å². The molecule has 0 aromatic carbocycles. The van der Waals surface area contributed by atoms with Crippen molar-refractivity contribution in [3.05, 3.63) is 0 Å². The lowest BCUT2D eigenvalue weighted by atomic mass is 10.5. The Labute approximate surface area is 79.6 Å². The smallest absolute Gasteiger partial charge is 0.216 e. The molecule has 1 N–H and O–H groups in total. The largest absolute Gasteiger partial charge is 0.395 e. The summed E-state index contributed by atoms with van der Waals surface area (Å²) >= 11 is 0. The van der Waals surface area contributed by atoms with E-state index < -0.39 is 10.0 Å². The number of nitrogens with zero attached hydrogens (tertiary/aromatic N) is 1. The molecule has 1 fully saturated rings. The zero-order chi connectivity index (χ0) is 9.90. The second-order valence-corrected chi connectivity index (χ2v) is 5.42. The average molecular weight is 207 g/mol. The van der Waals surface area contributed by atoms with E-state index in [1.54, 1.807) is 4.31 Å². The van der Waals surface area contributed by atoms with Crippen LogP contribution in [0, 0.1) is 0 Å². The molecule has 0 aromatic rings. The van der Waals surface area contributed by atoms with Crippen molar-refractivity contribution in [3.8, 4) is 0 Å². The quantitative estimate of drug-likeness (QED) is 0.676. The molecular weight excluding hydrogens is 190 g/mol. The molecule has 0 aromatic heterocycles. The lowest BCUT2D eigenvalue weighted by Gasteiger charge is -2.20. The maximum atomic E-state index is 11.6. The Bertz CT molecular complexity index is 246. The first-order chi connectivity index (χ1) is 6.11. The van der Waals surface area contributed by atoms with Crippen LogP contribution in [0.3, 0.4) is 0 Å². The van der Waals surface area contributed by atoms with Gasteiger partial charge in [0.25, 0.3) is 0 Å². The molecule has 78 valence electrons. The van der Waals surface area contributed by atoms with E-state index in [4.69, 9.17) is 5.11 Å². The summed E-state index contributed by atoms with van der Waals surface area (Å²) in [6.07, 6.45) is 2.79. The van der Waals surface area contributed by atoms with Gasteiger partial charge < -0.3 is 5.11 Å². The fourth-order valence-corrected chi connectivity index (χ4v) is 2.96. The third kappa shape index (κ3) is 2.93. The molecule has 13 heavy (non-hydrogen) atoms. The maximum absolute atomic E-state index is 11.6. The molecule has 0 atom stereocenters. The highest BCUT2D eigenvalue weighted by atomic mass is 32.2. The minimum atomic E-state index is -3.19. The van der Waals surface area contributed by atoms with E-state index in [9.17, 15) is 8.42 Å². The Hall–Kier alpha value is -0.130. The number of rotatable bonds is 6. The lowest BCUT2D eigenvalue weighted by Crippen LogP contribution is -2.36. The predicted octanol–water partition coefficient (Wildman–Crippen LogP) is 0.183. The van der Waals surface area contributed by atoms with Crippen molar-refractivity contribution in [1.82, 2.24) is 4.31 Å². The first-order valence-electron chi connectivity index (χ1n) is 4.72. The minimum absolute atomic E-state index is 0.135. The van der Waals surface area contributed by atoms with Crippen molar-refractivity contribution < 1.29 is 13.5 Å². The topological polar surface area (TPSA) is 57.6 Å². The molecule has 1 rings (SSSR count). The van der Waals surface area contributed by atoms with E-state index in [0.29, 0.717) is 6.54 Å². The molecule has 0 saturated heterocycles. The second-order valence-electron chi connectivity index (χ2n) is 3.38. The van der Waals surface area contributed by atoms with E-state index in [1.165, 1.54) is 0 Å². The Morgan fingerprint density at radius 2 is 2.08 bits per heavy atom. The van der Waals surface area contributed by atoms with E-state index >= 15 is 0 Å². The molecule has 0 radical (unpaired) electrons. The molecule has 0 unspecified atom stereocenters. The number of aliphatic hydroxyl groups is 1. The van der Waals surface area contributed by atoms with Crippen LogP contribution in [0.2, 0.25) is 0 Å². The predicted molar refractivity (Wildman–Crippen MR) is 50.9 cm³/mol. The van der Waals surface area contributed by atoms with Crippen LogP contribution in [0.1, 0.15) is 26.2 Å². The molecule has 4 nitrogen and oxygen atoms in total. The van der Waals surface area contributed by atoms with Gasteiger partial charge in [-0.3, -0.25) is 0 Å². The average Bonchev–Trinajstić information content (AvgIpc) is 2.82. The summed E-state index contributed by atoms with van der Waals surface area (Å²) in [7, 11) is -3.19. The fourth-order valence-electron chi connectivity index (χ4n) is 1.36. The van der Waals surface area contributed by atoms with Crippen LogP contribution in [0.25, 0.3) is 0 Å². The molecule has 1 saturated carbocycles. The summed E-state index contributed by atoms with van der Waals surface area (Å²) in [6.45, 7) is 2.27. The maximum Gasteiger partial charge on any atom is 0.216 e.